The topological polar surface area (TPSA) is 49.8 Å². The van der Waals surface area contributed by atoms with Crippen LogP contribution in [-0.4, -0.2) is 40.9 Å². The van der Waals surface area contributed by atoms with E-state index >= 15 is 0 Å². The Morgan fingerprint density at radius 2 is 2.21 bits per heavy atom. The van der Waals surface area contributed by atoms with Crippen molar-refractivity contribution in [2.24, 2.45) is 0 Å². The second kappa shape index (κ2) is 5.31. The van der Waals surface area contributed by atoms with Gasteiger partial charge in [0.05, 0.1) is 17.7 Å². The van der Waals surface area contributed by atoms with Crippen LogP contribution < -0.4 is 0 Å². The highest BCUT2D eigenvalue weighted by Crippen LogP contribution is 2.36. The van der Waals surface area contributed by atoms with Crippen molar-refractivity contribution in [3.8, 4) is 0 Å². The summed E-state index contributed by atoms with van der Waals surface area (Å²) < 4.78 is 5.31. The first-order valence-corrected chi connectivity index (χ1v) is 7.42. The second-order valence-electron chi connectivity index (χ2n) is 5.69. The predicted molar refractivity (Wildman–Crippen MR) is 75.9 cm³/mol. The van der Waals surface area contributed by atoms with Crippen molar-refractivity contribution in [3.63, 3.8) is 0 Å². The first-order valence-electron chi connectivity index (χ1n) is 6.17. The third-order valence-electron chi connectivity index (χ3n) is 2.92. The van der Waals surface area contributed by atoms with Gasteiger partial charge in [-0.3, -0.25) is 0 Å². The fourth-order valence-electron chi connectivity index (χ4n) is 2.09. The van der Waals surface area contributed by atoms with E-state index in [-0.39, 0.29) is 18.6 Å². The average molecular weight is 304 g/mol. The van der Waals surface area contributed by atoms with Crippen LogP contribution in [0.4, 0.5) is 4.79 Å². The number of carbonyl (C=O) groups excluding carboxylic acids is 1. The van der Waals surface area contributed by atoms with Crippen LogP contribution in [-0.2, 0) is 4.74 Å². The van der Waals surface area contributed by atoms with Crippen LogP contribution in [0.25, 0.3) is 0 Å². The molecule has 1 amide bonds. The molecule has 0 bridgehead atoms. The van der Waals surface area contributed by atoms with Crippen LogP contribution in [0.2, 0.25) is 5.02 Å². The van der Waals surface area contributed by atoms with Crippen molar-refractivity contribution >= 4 is 29.0 Å². The molecule has 106 valence electrons. The van der Waals surface area contributed by atoms with Gasteiger partial charge in [0.15, 0.2) is 0 Å². The van der Waals surface area contributed by atoms with Gasteiger partial charge in [0.2, 0.25) is 0 Å². The van der Waals surface area contributed by atoms with E-state index in [0.717, 1.165) is 4.88 Å². The molecule has 1 aromatic heterocycles. The number of hydrogen-bond acceptors (Lipinski definition) is 4. The van der Waals surface area contributed by atoms with Gasteiger partial charge in [-0.1, -0.05) is 11.6 Å². The Morgan fingerprint density at radius 1 is 1.53 bits per heavy atom. The van der Waals surface area contributed by atoms with Gasteiger partial charge >= 0.3 is 6.09 Å². The Hall–Kier alpha value is -0.780. The second-order valence-corrected chi connectivity index (χ2v) is 7.05. The molecular weight excluding hydrogens is 286 g/mol. The lowest BCUT2D eigenvalue weighted by Crippen LogP contribution is -2.35. The fraction of sp³-hybridized carbons (Fsp3) is 0.615. The SMILES string of the molecule is CC(C)(C)OC(=O)N1C[C@H](c2sccc2Cl)[C@@H](O)C1. The summed E-state index contributed by atoms with van der Waals surface area (Å²) in [5.41, 5.74) is -0.527. The van der Waals surface area contributed by atoms with Crippen molar-refractivity contribution in [1.82, 2.24) is 4.90 Å². The van der Waals surface area contributed by atoms with Gasteiger partial charge in [-0.15, -0.1) is 11.3 Å². The van der Waals surface area contributed by atoms with Crippen LogP contribution in [0.1, 0.15) is 31.6 Å². The van der Waals surface area contributed by atoms with E-state index in [0.29, 0.717) is 11.6 Å². The van der Waals surface area contributed by atoms with Crippen LogP contribution in [0.15, 0.2) is 11.4 Å². The molecule has 1 aliphatic rings. The molecule has 2 atom stereocenters. The van der Waals surface area contributed by atoms with E-state index in [9.17, 15) is 9.90 Å². The number of carbonyl (C=O) groups is 1. The number of amides is 1. The first-order chi connectivity index (χ1) is 8.78. The molecule has 19 heavy (non-hydrogen) atoms. The summed E-state index contributed by atoms with van der Waals surface area (Å²) in [5, 5.41) is 12.6. The molecule has 0 radical (unpaired) electrons. The van der Waals surface area contributed by atoms with Gasteiger partial charge in [-0.05, 0) is 32.2 Å². The van der Waals surface area contributed by atoms with Crippen LogP contribution in [0, 0.1) is 0 Å². The molecule has 2 rings (SSSR count). The van der Waals surface area contributed by atoms with Gasteiger partial charge in [0.1, 0.15) is 5.60 Å². The summed E-state index contributed by atoms with van der Waals surface area (Å²) in [6.45, 7) is 6.20. The summed E-state index contributed by atoms with van der Waals surface area (Å²) in [7, 11) is 0. The lowest BCUT2D eigenvalue weighted by Gasteiger charge is -2.24. The average Bonchev–Trinajstić information content (AvgIpc) is 2.82. The Labute approximate surface area is 121 Å². The molecule has 1 aliphatic heterocycles. The zero-order valence-electron chi connectivity index (χ0n) is 11.2. The number of likely N-dealkylation sites (tertiary alicyclic amines) is 1. The molecule has 2 heterocycles. The maximum absolute atomic E-state index is 12.0. The molecule has 1 N–H and O–H groups in total. The molecule has 0 unspecified atom stereocenters. The summed E-state index contributed by atoms with van der Waals surface area (Å²) >= 11 is 7.59. The van der Waals surface area contributed by atoms with Crippen molar-refractivity contribution in [2.45, 2.75) is 38.4 Å². The molecule has 1 fully saturated rings. The predicted octanol–water partition coefficient (Wildman–Crippen LogP) is 3.10. The van der Waals surface area contributed by atoms with Crippen LogP contribution >= 0.6 is 22.9 Å². The minimum atomic E-state index is -0.594. The number of halogens is 1. The first kappa shape index (κ1) is 14.6. The third-order valence-corrected chi connectivity index (χ3v) is 4.41. The molecule has 1 saturated heterocycles. The zero-order chi connectivity index (χ0) is 14.2. The molecule has 6 heteroatoms. The van der Waals surface area contributed by atoms with E-state index in [4.69, 9.17) is 16.3 Å². The monoisotopic (exact) mass is 303 g/mol. The van der Waals surface area contributed by atoms with E-state index in [1.807, 2.05) is 32.2 Å². The third kappa shape index (κ3) is 3.41. The molecule has 0 aliphatic carbocycles. The van der Waals surface area contributed by atoms with E-state index in [1.54, 1.807) is 0 Å². The zero-order valence-corrected chi connectivity index (χ0v) is 12.8. The lowest BCUT2D eigenvalue weighted by atomic mass is 10.0. The summed E-state index contributed by atoms with van der Waals surface area (Å²) in [4.78, 5) is 14.4. The van der Waals surface area contributed by atoms with E-state index in [2.05, 4.69) is 0 Å². The molecule has 0 aromatic carbocycles. The Kier molecular flexibility index (Phi) is 4.08. The highest BCUT2D eigenvalue weighted by atomic mass is 35.5. The Balaban J connectivity index is 2.06. The normalized spacial score (nSPS) is 23.7. The Bertz CT molecular complexity index is 469. The summed E-state index contributed by atoms with van der Waals surface area (Å²) in [5.74, 6) is -0.125. The number of aliphatic hydroxyl groups excluding tert-OH is 1. The smallest absolute Gasteiger partial charge is 0.410 e. The largest absolute Gasteiger partial charge is 0.444 e. The van der Waals surface area contributed by atoms with E-state index < -0.39 is 11.7 Å². The maximum atomic E-state index is 12.0. The number of aliphatic hydroxyl groups is 1. The molecule has 4 nitrogen and oxygen atoms in total. The number of hydrogen-bond donors (Lipinski definition) is 1. The number of ether oxygens (including phenoxy) is 1. The van der Waals surface area contributed by atoms with Crippen LogP contribution in [0.5, 0.6) is 0 Å². The number of nitrogens with zero attached hydrogens (tertiary/aromatic N) is 1. The molecule has 0 spiro atoms. The van der Waals surface area contributed by atoms with Crippen molar-refractivity contribution < 1.29 is 14.6 Å². The molecule has 0 saturated carbocycles. The highest BCUT2D eigenvalue weighted by molar-refractivity contribution is 7.10. The molecular formula is C13H18ClNO3S. The van der Waals surface area contributed by atoms with Crippen molar-refractivity contribution in [2.75, 3.05) is 13.1 Å². The Morgan fingerprint density at radius 3 is 2.74 bits per heavy atom. The van der Waals surface area contributed by atoms with Gasteiger partial charge in [0, 0.05) is 17.3 Å². The molecule has 1 aromatic rings. The van der Waals surface area contributed by atoms with Gasteiger partial charge in [-0.2, -0.15) is 0 Å². The number of thiophene rings is 1. The van der Waals surface area contributed by atoms with E-state index in [1.165, 1.54) is 16.2 Å². The van der Waals surface area contributed by atoms with Crippen LogP contribution in [0.3, 0.4) is 0 Å². The minimum absolute atomic E-state index is 0.125. The fourth-order valence-corrected chi connectivity index (χ4v) is 3.44. The summed E-state index contributed by atoms with van der Waals surface area (Å²) in [6, 6.07) is 1.81. The van der Waals surface area contributed by atoms with Crippen molar-refractivity contribution in [3.05, 3.63) is 21.3 Å². The maximum Gasteiger partial charge on any atom is 0.410 e. The van der Waals surface area contributed by atoms with Gasteiger partial charge in [-0.25, -0.2) is 4.79 Å². The lowest BCUT2D eigenvalue weighted by molar-refractivity contribution is 0.0270. The van der Waals surface area contributed by atoms with Crippen molar-refractivity contribution in [1.29, 1.82) is 0 Å². The quantitative estimate of drug-likeness (QED) is 0.867. The highest BCUT2D eigenvalue weighted by Gasteiger charge is 2.38. The minimum Gasteiger partial charge on any atom is -0.444 e. The standard InChI is InChI=1S/C13H18ClNO3S/c1-13(2,3)18-12(17)15-6-8(10(16)7-15)11-9(14)4-5-19-11/h4-5,8,10,16H,6-7H2,1-3H3/t8-,10-/m0/s1. The number of β-amino-alcohol motifs (C(OH)–C–C–N with tert-alkyl or cyclic N) is 1. The van der Waals surface area contributed by atoms with Gasteiger partial charge in [0.25, 0.3) is 0 Å². The van der Waals surface area contributed by atoms with Gasteiger partial charge < -0.3 is 14.7 Å². The number of rotatable bonds is 1. The summed E-state index contributed by atoms with van der Waals surface area (Å²) in [6.07, 6.45) is -0.981.